The van der Waals surface area contributed by atoms with E-state index in [4.69, 9.17) is 31.0 Å². The molecule has 1 saturated carbocycles. The predicted octanol–water partition coefficient (Wildman–Crippen LogP) is 5.79. The number of halogens is 1. The number of aromatic nitrogens is 3. The molecule has 3 heterocycles. The predicted molar refractivity (Wildman–Crippen MR) is 132 cm³/mol. The van der Waals surface area contributed by atoms with Crippen molar-refractivity contribution in [3.05, 3.63) is 64.2 Å². The number of nitrogens with zero attached hydrogens (tertiary/aromatic N) is 3. The van der Waals surface area contributed by atoms with Gasteiger partial charge < -0.3 is 14.6 Å². The van der Waals surface area contributed by atoms with E-state index < -0.39 is 11.9 Å². The normalized spacial score (nSPS) is 18.8. The minimum atomic E-state index is -0.753. The number of benzene rings is 1. The fourth-order valence-corrected chi connectivity index (χ4v) is 5.23. The number of hydrogen-bond donors (Lipinski definition) is 1. The quantitative estimate of drug-likeness (QED) is 0.445. The average Bonchev–Trinajstić information content (AvgIpc) is 3.69. The molecule has 8 heteroatoms. The number of carboxylic acid groups (broad SMARTS) is 1. The minimum Gasteiger partial charge on any atom is -0.484 e. The van der Waals surface area contributed by atoms with Crippen molar-refractivity contribution in [2.75, 3.05) is 7.11 Å². The molecular formula is C27H28ClN3O4. The third-order valence-corrected chi connectivity index (χ3v) is 7.39. The Morgan fingerprint density at radius 3 is 2.69 bits per heavy atom. The number of ether oxygens (including phenoxy) is 2. The standard InChI is InChI=1S/C27H28ClN3O4/c1-14(27(32)33)25(17-5-6-17)18-7-4-16-8-9-22(35-23(16)10-18)26-15(2)31-21(13-30-26)19-11-24(34-3)29-12-20(19)28/h4,7,10-14,17,22,25H,5-6,8-9H2,1-3H3,(H,32,33)/t14-,22?,25-/m0/s1. The first-order valence-corrected chi connectivity index (χ1v) is 12.3. The maximum Gasteiger partial charge on any atom is 0.306 e. The number of fused-ring (bicyclic) bond motifs is 1. The molecule has 0 bridgehead atoms. The van der Waals surface area contributed by atoms with Crippen molar-refractivity contribution in [3.8, 4) is 22.9 Å². The molecule has 3 aromatic rings. The molecule has 0 amide bonds. The van der Waals surface area contributed by atoms with E-state index in [0.29, 0.717) is 28.1 Å². The monoisotopic (exact) mass is 493 g/mol. The molecule has 2 aromatic heterocycles. The molecule has 1 unspecified atom stereocenters. The Labute approximate surface area is 209 Å². The summed E-state index contributed by atoms with van der Waals surface area (Å²) in [6.45, 7) is 3.73. The molecule has 1 aliphatic heterocycles. The first kappa shape index (κ1) is 23.5. The number of aliphatic carboxylic acids is 1. The molecule has 1 N–H and O–H groups in total. The van der Waals surface area contributed by atoms with Crippen LogP contribution in [-0.4, -0.2) is 33.1 Å². The van der Waals surface area contributed by atoms with Crippen molar-refractivity contribution in [2.24, 2.45) is 11.8 Å². The molecule has 0 spiro atoms. The molecule has 2 aliphatic rings. The lowest BCUT2D eigenvalue weighted by molar-refractivity contribution is -0.142. The molecule has 5 rings (SSSR count). The summed E-state index contributed by atoms with van der Waals surface area (Å²) in [6, 6.07) is 7.96. The number of carboxylic acids is 1. The Morgan fingerprint density at radius 1 is 1.20 bits per heavy atom. The van der Waals surface area contributed by atoms with Gasteiger partial charge in [0.2, 0.25) is 5.88 Å². The molecule has 1 aromatic carbocycles. The number of aryl methyl sites for hydroxylation is 2. The topological polar surface area (TPSA) is 94.4 Å². The summed E-state index contributed by atoms with van der Waals surface area (Å²) < 4.78 is 11.6. The van der Waals surface area contributed by atoms with E-state index in [1.54, 1.807) is 32.5 Å². The van der Waals surface area contributed by atoms with Crippen LogP contribution in [0.15, 0.2) is 36.7 Å². The number of carbonyl (C=O) groups is 1. The number of hydrogen-bond acceptors (Lipinski definition) is 6. The Bertz CT molecular complexity index is 1280. The lowest BCUT2D eigenvalue weighted by Crippen LogP contribution is -2.22. The molecule has 1 fully saturated rings. The summed E-state index contributed by atoms with van der Waals surface area (Å²) >= 11 is 6.35. The van der Waals surface area contributed by atoms with Crippen molar-refractivity contribution in [1.82, 2.24) is 15.0 Å². The van der Waals surface area contributed by atoms with Crippen LogP contribution in [-0.2, 0) is 11.2 Å². The SMILES string of the molecule is COc1cc(-c2cnc(C3CCc4ccc([C@H](C5CC5)[C@H](C)C(=O)O)cc4O3)c(C)n2)c(Cl)cn1. The second-order valence-electron chi connectivity index (χ2n) is 9.43. The zero-order valence-corrected chi connectivity index (χ0v) is 20.7. The molecule has 0 radical (unpaired) electrons. The van der Waals surface area contributed by atoms with Crippen molar-refractivity contribution in [2.45, 2.75) is 51.6 Å². The van der Waals surface area contributed by atoms with Crippen LogP contribution in [0, 0.1) is 18.8 Å². The molecule has 0 saturated heterocycles. The van der Waals surface area contributed by atoms with E-state index in [2.05, 4.69) is 17.1 Å². The van der Waals surface area contributed by atoms with Gasteiger partial charge in [-0.25, -0.2) is 9.97 Å². The zero-order chi connectivity index (χ0) is 24.7. The van der Waals surface area contributed by atoms with Gasteiger partial charge >= 0.3 is 5.97 Å². The van der Waals surface area contributed by atoms with Crippen LogP contribution < -0.4 is 9.47 Å². The lowest BCUT2D eigenvalue weighted by atomic mass is 9.82. The minimum absolute atomic E-state index is 0.00434. The van der Waals surface area contributed by atoms with E-state index in [0.717, 1.165) is 53.9 Å². The smallest absolute Gasteiger partial charge is 0.306 e. The van der Waals surface area contributed by atoms with Gasteiger partial charge in [0.1, 0.15) is 17.5 Å². The highest BCUT2D eigenvalue weighted by atomic mass is 35.5. The average molecular weight is 494 g/mol. The Kier molecular flexibility index (Phi) is 6.36. The van der Waals surface area contributed by atoms with E-state index in [1.807, 2.05) is 13.0 Å². The van der Waals surface area contributed by atoms with Gasteiger partial charge in [0, 0.05) is 11.6 Å². The zero-order valence-electron chi connectivity index (χ0n) is 20.0. The summed E-state index contributed by atoms with van der Waals surface area (Å²) in [6.07, 6.45) is 6.84. The van der Waals surface area contributed by atoms with Gasteiger partial charge in [-0.1, -0.05) is 30.7 Å². The van der Waals surface area contributed by atoms with Gasteiger partial charge in [-0.3, -0.25) is 9.78 Å². The van der Waals surface area contributed by atoms with Gasteiger partial charge in [0.05, 0.1) is 41.8 Å². The molecule has 7 nitrogen and oxygen atoms in total. The van der Waals surface area contributed by atoms with E-state index in [1.165, 1.54) is 0 Å². The van der Waals surface area contributed by atoms with Crippen LogP contribution in [0.1, 0.15) is 60.7 Å². The maximum atomic E-state index is 11.7. The van der Waals surface area contributed by atoms with Gasteiger partial charge in [0.15, 0.2) is 0 Å². The van der Waals surface area contributed by atoms with E-state index in [-0.39, 0.29) is 12.0 Å². The Morgan fingerprint density at radius 2 is 2.00 bits per heavy atom. The van der Waals surface area contributed by atoms with Gasteiger partial charge in [-0.2, -0.15) is 0 Å². The molecule has 35 heavy (non-hydrogen) atoms. The van der Waals surface area contributed by atoms with E-state index in [9.17, 15) is 9.90 Å². The summed E-state index contributed by atoms with van der Waals surface area (Å²) in [5, 5.41) is 10.1. The highest BCUT2D eigenvalue weighted by molar-refractivity contribution is 6.33. The number of pyridine rings is 1. The summed E-state index contributed by atoms with van der Waals surface area (Å²) in [5.74, 6) is 0.518. The van der Waals surface area contributed by atoms with Crippen molar-refractivity contribution in [3.63, 3.8) is 0 Å². The largest absolute Gasteiger partial charge is 0.484 e. The second-order valence-corrected chi connectivity index (χ2v) is 9.84. The third kappa shape index (κ3) is 4.69. The van der Waals surface area contributed by atoms with Crippen molar-refractivity contribution in [1.29, 1.82) is 0 Å². The second kappa shape index (κ2) is 9.46. The number of methoxy groups -OCH3 is 1. The van der Waals surface area contributed by atoms with Crippen LogP contribution in [0.2, 0.25) is 5.02 Å². The van der Waals surface area contributed by atoms with Gasteiger partial charge in [0.25, 0.3) is 0 Å². The highest BCUT2D eigenvalue weighted by Gasteiger charge is 2.39. The third-order valence-electron chi connectivity index (χ3n) is 7.08. The summed E-state index contributed by atoms with van der Waals surface area (Å²) in [5.41, 5.74) is 5.10. The van der Waals surface area contributed by atoms with Crippen LogP contribution in [0.3, 0.4) is 0 Å². The van der Waals surface area contributed by atoms with Crippen molar-refractivity contribution >= 4 is 17.6 Å². The molecule has 1 aliphatic carbocycles. The first-order valence-electron chi connectivity index (χ1n) is 11.9. The van der Waals surface area contributed by atoms with Crippen LogP contribution >= 0.6 is 11.6 Å². The van der Waals surface area contributed by atoms with Gasteiger partial charge in [-0.15, -0.1) is 0 Å². The lowest BCUT2D eigenvalue weighted by Gasteiger charge is -2.28. The fraction of sp³-hybridized carbons (Fsp3) is 0.407. The fourth-order valence-electron chi connectivity index (χ4n) is 5.03. The molecule has 182 valence electrons. The van der Waals surface area contributed by atoms with Gasteiger partial charge in [-0.05, 0) is 61.6 Å². The van der Waals surface area contributed by atoms with E-state index >= 15 is 0 Å². The Balaban J connectivity index is 1.41. The highest BCUT2D eigenvalue weighted by Crippen LogP contribution is 2.48. The maximum absolute atomic E-state index is 11.7. The first-order chi connectivity index (χ1) is 16.9. The number of rotatable bonds is 7. The summed E-state index contributed by atoms with van der Waals surface area (Å²) in [7, 11) is 1.55. The molecule has 3 atom stereocenters. The van der Waals surface area contributed by atoms with Crippen molar-refractivity contribution < 1.29 is 19.4 Å². The Hall–Kier alpha value is -3.19. The van der Waals surface area contributed by atoms with Crippen LogP contribution in [0.25, 0.3) is 11.3 Å². The van der Waals surface area contributed by atoms with Crippen LogP contribution in [0.4, 0.5) is 0 Å². The molecular weight excluding hydrogens is 466 g/mol. The summed E-state index contributed by atoms with van der Waals surface area (Å²) in [4.78, 5) is 25.3. The van der Waals surface area contributed by atoms with Crippen LogP contribution in [0.5, 0.6) is 11.6 Å².